The highest BCUT2D eigenvalue weighted by atomic mass is 32.2. The number of nitrogens with zero attached hydrogens (tertiary/aromatic N) is 5. The number of hydrogen-bond donors (Lipinski definition) is 1. The third kappa shape index (κ3) is 8.68. The zero-order valence-electron chi connectivity index (χ0n) is 26.2. The van der Waals surface area contributed by atoms with Crippen molar-refractivity contribution in [1.82, 2.24) is 20.1 Å². The standard InChI is InChI=1S/C34H37F3N6O2S/c1-22(2)29-14-5-23(3)20-30(29)42-17-18-46-33(42)40-32(44)38-16-15-24(4)19-25-6-8-26(9-7-25)31-39-21-43(41-31)27-10-12-28(13-11-27)45-34(35,36)37/h5-14,20-22,24H,15-19H2,1-4H3,(H,38,44). The van der Waals surface area contributed by atoms with Gasteiger partial charge in [-0.25, -0.2) is 14.5 Å². The number of amidine groups is 1. The number of aromatic nitrogens is 3. The molecule has 0 bridgehead atoms. The topological polar surface area (TPSA) is 84.6 Å². The van der Waals surface area contributed by atoms with E-state index >= 15 is 0 Å². The Hall–Kier alpha value is -4.32. The number of aryl methyl sites for hydroxylation is 1. The van der Waals surface area contributed by atoms with Gasteiger partial charge in [-0.1, -0.05) is 68.9 Å². The Kier molecular flexibility index (Phi) is 10.4. The summed E-state index contributed by atoms with van der Waals surface area (Å²) in [5.41, 5.74) is 6.10. The van der Waals surface area contributed by atoms with Crippen LogP contribution in [0.1, 0.15) is 49.8 Å². The number of aliphatic imine (C=N–C) groups is 1. The van der Waals surface area contributed by atoms with E-state index in [2.05, 4.69) is 75.9 Å². The predicted molar refractivity (Wildman–Crippen MR) is 177 cm³/mol. The number of ether oxygens (including phenoxy) is 1. The lowest BCUT2D eigenvalue weighted by atomic mass is 9.97. The molecular weight excluding hydrogens is 613 g/mol. The van der Waals surface area contributed by atoms with E-state index in [1.54, 1.807) is 11.8 Å². The number of benzene rings is 3. The average Bonchev–Trinajstić information content (AvgIpc) is 3.67. The Balaban J connectivity index is 1.11. The fourth-order valence-corrected chi connectivity index (χ4v) is 6.21. The van der Waals surface area contributed by atoms with Crippen LogP contribution in [0.4, 0.5) is 23.7 Å². The van der Waals surface area contributed by atoms with Crippen molar-refractivity contribution in [1.29, 1.82) is 0 Å². The zero-order chi connectivity index (χ0) is 32.8. The Morgan fingerprint density at radius 3 is 2.50 bits per heavy atom. The molecule has 1 unspecified atom stereocenters. The Bertz CT molecular complexity index is 1670. The molecule has 242 valence electrons. The van der Waals surface area contributed by atoms with Crippen LogP contribution in [0.3, 0.4) is 0 Å². The van der Waals surface area contributed by atoms with Gasteiger partial charge in [-0.05, 0) is 78.6 Å². The van der Waals surface area contributed by atoms with Crippen molar-refractivity contribution >= 4 is 28.6 Å². The number of alkyl halides is 3. The lowest BCUT2D eigenvalue weighted by Gasteiger charge is -2.23. The van der Waals surface area contributed by atoms with Gasteiger partial charge in [0.25, 0.3) is 0 Å². The van der Waals surface area contributed by atoms with Crippen LogP contribution in [-0.4, -0.2) is 51.2 Å². The van der Waals surface area contributed by atoms with Crippen LogP contribution in [0.2, 0.25) is 0 Å². The molecule has 0 aliphatic carbocycles. The SMILES string of the molecule is Cc1ccc(C(C)C)c(N2CCSC2=NC(=O)NCCC(C)Cc2ccc(-c3ncn(-c4ccc(OC(F)(F)F)cc4)n3)cc2)c1. The summed E-state index contributed by atoms with van der Waals surface area (Å²) in [7, 11) is 0. The van der Waals surface area contributed by atoms with Crippen LogP contribution in [0.5, 0.6) is 5.75 Å². The van der Waals surface area contributed by atoms with Crippen LogP contribution in [0, 0.1) is 12.8 Å². The summed E-state index contributed by atoms with van der Waals surface area (Å²) in [6, 6.07) is 19.5. The minimum atomic E-state index is -4.74. The predicted octanol–water partition coefficient (Wildman–Crippen LogP) is 8.15. The van der Waals surface area contributed by atoms with Gasteiger partial charge < -0.3 is 15.0 Å². The highest BCUT2D eigenvalue weighted by Gasteiger charge is 2.31. The van der Waals surface area contributed by atoms with E-state index in [4.69, 9.17) is 0 Å². The van der Waals surface area contributed by atoms with E-state index < -0.39 is 6.36 Å². The van der Waals surface area contributed by atoms with E-state index in [0.29, 0.717) is 29.9 Å². The first-order valence-corrected chi connectivity index (χ1v) is 16.2. The van der Waals surface area contributed by atoms with Crippen molar-refractivity contribution in [3.05, 3.63) is 89.7 Å². The molecule has 1 atom stereocenters. The van der Waals surface area contributed by atoms with Gasteiger partial charge in [0, 0.05) is 30.1 Å². The molecule has 1 aliphatic heterocycles. The smallest absolute Gasteiger partial charge is 0.406 e. The molecule has 46 heavy (non-hydrogen) atoms. The number of thioether (sulfide) groups is 1. The number of carbonyl (C=O) groups is 1. The first-order chi connectivity index (χ1) is 21.9. The monoisotopic (exact) mass is 650 g/mol. The third-order valence-corrected chi connectivity index (χ3v) is 8.57. The summed E-state index contributed by atoms with van der Waals surface area (Å²) in [5.74, 6) is 1.80. The molecule has 1 aliphatic rings. The van der Waals surface area contributed by atoms with Gasteiger partial charge in [-0.15, -0.1) is 18.3 Å². The molecule has 8 nitrogen and oxygen atoms in total. The minimum Gasteiger partial charge on any atom is -0.406 e. The summed E-state index contributed by atoms with van der Waals surface area (Å²) in [6.45, 7) is 9.95. The molecule has 0 saturated carbocycles. The largest absolute Gasteiger partial charge is 0.573 e. The van der Waals surface area contributed by atoms with Gasteiger partial charge >= 0.3 is 12.4 Å². The fourth-order valence-electron chi connectivity index (χ4n) is 5.26. The second kappa shape index (κ2) is 14.4. The second-order valence-corrected chi connectivity index (χ2v) is 12.8. The van der Waals surface area contributed by atoms with Gasteiger partial charge in [-0.3, -0.25) is 0 Å². The van der Waals surface area contributed by atoms with Gasteiger partial charge in [0.1, 0.15) is 12.1 Å². The molecule has 1 aromatic heterocycles. The molecule has 2 heterocycles. The number of hydrogen-bond acceptors (Lipinski definition) is 5. The lowest BCUT2D eigenvalue weighted by Crippen LogP contribution is -2.29. The molecule has 1 saturated heterocycles. The molecule has 3 aromatic carbocycles. The minimum absolute atomic E-state index is 0.300. The van der Waals surface area contributed by atoms with Crippen molar-refractivity contribution in [2.45, 2.75) is 52.8 Å². The number of urea groups is 1. The second-order valence-electron chi connectivity index (χ2n) is 11.7. The van der Waals surface area contributed by atoms with E-state index in [0.717, 1.165) is 47.1 Å². The highest BCUT2D eigenvalue weighted by molar-refractivity contribution is 8.14. The Labute approximate surface area is 271 Å². The summed E-state index contributed by atoms with van der Waals surface area (Å²) < 4.78 is 42.7. The molecule has 2 amide bonds. The fraction of sp³-hybridized carbons (Fsp3) is 0.353. The van der Waals surface area contributed by atoms with Gasteiger partial charge in [0.05, 0.1) is 5.69 Å². The molecule has 1 N–H and O–H groups in total. The van der Waals surface area contributed by atoms with E-state index in [-0.39, 0.29) is 11.8 Å². The van der Waals surface area contributed by atoms with Crippen molar-refractivity contribution in [2.75, 3.05) is 23.7 Å². The number of nitrogens with one attached hydrogen (secondary N) is 1. The molecule has 1 fully saturated rings. The van der Waals surface area contributed by atoms with Crippen LogP contribution in [0.25, 0.3) is 17.1 Å². The maximum Gasteiger partial charge on any atom is 0.573 e. The Morgan fingerprint density at radius 1 is 1.07 bits per heavy atom. The van der Waals surface area contributed by atoms with Crippen LogP contribution in [-0.2, 0) is 6.42 Å². The summed E-state index contributed by atoms with van der Waals surface area (Å²) in [5, 5.41) is 8.17. The number of anilines is 1. The molecule has 0 spiro atoms. The highest BCUT2D eigenvalue weighted by Crippen LogP contribution is 2.33. The van der Waals surface area contributed by atoms with Crippen molar-refractivity contribution < 1.29 is 22.7 Å². The van der Waals surface area contributed by atoms with Crippen LogP contribution >= 0.6 is 11.8 Å². The number of amides is 2. The van der Waals surface area contributed by atoms with E-state index in [1.165, 1.54) is 46.4 Å². The average molecular weight is 651 g/mol. The quantitative estimate of drug-likeness (QED) is 0.187. The molecular formula is C34H37F3N6O2S. The number of carbonyl (C=O) groups excluding carboxylic acids is 1. The van der Waals surface area contributed by atoms with Gasteiger partial charge in [0.2, 0.25) is 0 Å². The van der Waals surface area contributed by atoms with Crippen molar-refractivity contribution in [2.24, 2.45) is 10.9 Å². The first kappa shape index (κ1) is 33.1. The molecule has 0 radical (unpaired) electrons. The maximum absolute atomic E-state index is 12.7. The maximum atomic E-state index is 12.7. The molecule has 4 aromatic rings. The summed E-state index contributed by atoms with van der Waals surface area (Å²) in [6.07, 6.45) is -1.58. The number of halogens is 3. The van der Waals surface area contributed by atoms with Crippen molar-refractivity contribution in [3.63, 3.8) is 0 Å². The Morgan fingerprint density at radius 2 is 1.80 bits per heavy atom. The lowest BCUT2D eigenvalue weighted by molar-refractivity contribution is -0.274. The van der Waals surface area contributed by atoms with E-state index in [9.17, 15) is 18.0 Å². The zero-order valence-corrected chi connectivity index (χ0v) is 27.0. The molecule has 5 rings (SSSR count). The third-order valence-electron chi connectivity index (χ3n) is 7.61. The van der Waals surface area contributed by atoms with Gasteiger partial charge in [0.15, 0.2) is 11.0 Å². The molecule has 12 heteroatoms. The normalized spacial score (nSPS) is 15.0. The summed E-state index contributed by atoms with van der Waals surface area (Å²) in [4.78, 5) is 23.7. The van der Waals surface area contributed by atoms with Crippen LogP contribution < -0.4 is 15.0 Å². The van der Waals surface area contributed by atoms with Gasteiger partial charge in [-0.2, -0.15) is 4.99 Å². The summed E-state index contributed by atoms with van der Waals surface area (Å²) >= 11 is 1.61. The van der Waals surface area contributed by atoms with Crippen LogP contribution in [0.15, 0.2) is 78.0 Å². The van der Waals surface area contributed by atoms with E-state index in [1.807, 2.05) is 24.3 Å². The number of rotatable bonds is 10. The van der Waals surface area contributed by atoms with Crippen molar-refractivity contribution in [3.8, 4) is 22.8 Å². The first-order valence-electron chi connectivity index (χ1n) is 15.2.